The van der Waals surface area contributed by atoms with Gasteiger partial charge in [-0.2, -0.15) is 0 Å². The summed E-state index contributed by atoms with van der Waals surface area (Å²) in [5, 5.41) is 9.69. The first-order valence-corrected chi connectivity index (χ1v) is 8.01. The van der Waals surface area contributed by atoms with Gasteiger partial charge in [0.2, 0.25) is 11.1 Å². The Balaban J connectivity index is 1.92. The number of nitrogens with one attached hydrogen (secondary N) is 2. The SMILES string of the molecule is CCOC(=O)c1ccc(NC(=O)C(C)Sc2n[nH]c(C)n2)cc1. The van der Waals surface area contributed by atoms with Gasteiger partial charge >= 0.3 is 5.97 Å². The Hall–Kier alpha value is -2.35. The molecular weight excluding hydrogens is 316 g/mol. The second kappa shape index (κ2) is 7.77. The number of ether oxygens (including phenoxy) is 1. The van der Waals surface area contributed by atoms with Crippen LogP contribution in [0.15, 0.2) is 29.4 Å². The van der Waals surface area contributed by atoms with Gasteiger partial charge in [-0.25, -0.2) is 9.78 Å². The van der Waals surface area contributed by atoms with E-state index in [1.54, 1.807) is 45.0 Å². The average molecular weight is 334 g/mol. The lowest BCUT2D eigenvalue weighted by atomic mass is 10.2. The second-order valence-corrected chi connectivity index (χ2v) is 6.06. The molecule has 1 aromatic carbocycles. The lowest BCUT2D eigenvalue weighted by Crippen LogP contribution is -2.22. The van der Waals surface area contributed by atoms with Crippen LogP contribution in [0.5, 0.6) is 0 Å². The van der Waals surface area contributed by atoms with E-state index in [9.17, 15) is 9.59 Å². The van der Waals surface area contributed by atoms with Crippen molar-refractivity contribution in [3.63, 3.8) is 0 Å². The number of benzene rings is 1. The molecule has 0 aliphatic carbocycles. The molecule has 2 aromatic rings. The Labute approximate surface area is 138 Å². The van der Waals surface area contributed by atoms with E-state index in [4.69, 9.17) is 4.74 Å². The minimum atomic E-state index is -0.380. The molecule has 0 radical (unpaired) electrons. The summed E-state index contributed by atoms with van der Waals surface area (Å²) in [7, 11) is 0. The minimum absolute atomic E-state index is 0.165. The van der Waals surface area contributed by atoms with E-state index in [0.29, 0.717) is 28.8 Å². The molecule has 23 heavy (non-hydrogen) atoms. The van der Waals surface area contributed by atoms with Crippen molar-refractivity contribution in [3.8, 4) is 0 Å². The highest BCUT2D eigenvalue weighted by molar-refractivity contribution is 8.00. The third-order valence-electron chi connectivity index (χ3n) is 2.89. The number of nitrogens with zero attached hydrogens (tertiary/aromatic N) is 2. The summed E-state index contributed by atoms with van der Waals surface area (Å²) in [6, 6.07) is 6.56. The summed E-state index contributed by atoms with van der Waals surface area (Å²) in [6.45, 7) is 5.65. The number of carbonyl (C=O) groups excluding carboxylic acids is 2. The van der Waals surface area contributed by atoms with E-state index in [0.717, 1.165) is 0 Å². The largest absolute Gasteiger partial charge is 0.462 e. The van der Waals surface area contributed by atoms with Crippen LogP contribution < -0.4 is 5.32 Å². The first kappa shape index (κ1) is 17.0. The highest BCUT2D eigenvalue weighted by atomic mass is 32.2. The van der Waals surface area contributed by atoms with Gasteiger partial charge in [-0.15, -0.1) is 5.10 Å². The smallest absolute Gasteiger partial charge is 0.338 e. The predicted octanol–water partition coefficient (Wildman–Crippen LogP) is 2.41. The fourth-order valence-corrected chi connectivity index (χ4v) is 2.50. The molecule has 7 nitrogen and oxygen atoms in total. The number of H-pyrrole nitrogens is 1. The average Bonchev–Trinajstić information content (AvgIpc) is 2.93. The fourth-order valence-electron chi connectivity index (χ4n) is 1.73. The number of amides is 1. The van der Waals surface area contributed by atoms with Crippen molar-refractivity contribution in [2.24, 2.45) is 0 Å². The van der Waals surface area contributed by atoms with Crippen LogP contribution in [-0.2, 0) is 9.53 Å². The maximum absolute atomic E-state index is 12.2. The molecule has 0 aliphatic rings. The predicted molar refractivity (Wildman–Crippen MR) is 87.5 cm³/mol. The lowest BCUT2D eigenvalue weighted by Gasteiger charge is -2.10. The first-order valence-electron chi connectivity index (χ1n) is 7.13. The molecule has 0 bridgehead atoms. The van der Waals surface area contributed by atoms with Crippen LogP contribution in [0.4, 0.5) is 5.69 Å². The molecule has 0 fully saturated rings. The molecule has 2 rings (SSSR count). The molecule has 0 spiro atoms. The number of esters is 1. The third kappa shape index (κ3) is 4.82. The molecule has 1 atom stereocenters. The highest BCUT2D eigenvalue weighted by Crippen LogP contribution is 2.20. The molecule has 0 saturated carbocycles. The van der Waals surface area contributed by atoms with Crippen LogP contribution in [0.3, 0.4) is 0 Å². The molecule has 0 aliphatic heterocycles. The molecule has 1 amide bonds. The standard InChI is InChI=1S/C15H18N4O3S/c1-4-22-14(21)11-5-7-12(8-6-11)17-13(20)9(2)23-15-16-10(3)18-19-15/h5-9H,4H2,1-3H3,(H,17,20)(H,16,18,19). The minimum Gasteiger partial charge on any atom is -0.462 e. The molecule has 2 N–H and O–H groups in total. The summed E-state index contributed by atoms with van der Waals surface area (Å²) in [5.41, 5.74) is 1.06. The zero-order valence-corrected chi connectivity index (χ0v) is 13.9. The monoisotopic (exact) mass is 334 g/mol. The first-order chi connectivity index (χ1) is 11.0. The summed E-state index contributed by atoms with van der Waals surface area (Å²) >= 11 is 1.27. The van der Waals surface area contributed by atoms with E-state index in [1.165, 1.54) is 11.8 Å². The van der Waals surface area contributed by atoms with Gasteiger partial charge in [0, 0.05) is 5.69 Å². The number of aromatic nitrogens is 3. The van der Waals surface area contributed by atoms with Crippen molar-refractivity contribution in [2.75, 3.05) is 11.9 Å². The van der Waals surface area contributed by atoms with Crippen LogP contribution in [0.2, 0.25) is 0 Å². The number of hydrogen-bond acceptors (Lipinski definition) is 6. The van der Waals surface area contributed by atoms with Gasteiger partial charge in [-0.05, 0) is 45.0 Å². The Morgan fingerprint density at radius 3 is 2.61 bits per heavy atom. The van der Waals surface area contributed by atoms with E-state index >= 15 is 0 Å². The van der Waals surface area contributed by atoms with Crippen LogP contribution >= 0.6 is 11.8 Å². The molecule has 1 heterocycles. The Bertz CT molecular complexity index is 684. The van der Waals surface area contributed by atoms with Crippen molar-refractivity contribution in [3.05, 3.63) is 35.7 Å². The number of hydrogen-bond donors (Lipinski definition) is 2. The maximum Gasteiger partial charge on any atom is 0.338 e. The van der Waals surface area contributed by atoms with Gasteiger partial charge in [-0.1, -0.05) is 11.8 Å². The number of anilines is 1. The lowest BCUT2D eigenvalue weighted by molar-refractivity contribution is -0.115. The normalized spacial score (nSPS) is 11.8. The van der Waals surface area contributed by atoms with E-state index in [1.807, 2.05) is 0 Å². The molecule has 122 valence electrons. The Morgan fingerprint density at radius 1 is 1.35 bits per heavy atom. The van der Waals surface area contributed by atoms with Crippen LogP contribution in [0.1, 0.15) is 30.0 Å². The van der Waals surface area contributed by atoms with Crippen molar-refractivity contribution in [1.29, 1.82) is 0 Å². The van der Waals surface area contributed by atoms with Gasteiger partial charge in [0.25, 0.3) is 0 Å². The van der Waals surface area contributed by atoms with Gasteiger partial charge in [0.15, 0.2) is 0 Å². The summed E-state index contributed by atoms with van der Waals surface area (Å²) in [5.74, 6) is 0.158. The fraction of sp³-hybridized carbons (Fsp3) is 0.333. The van der Waals surface area contributed by atoms with Gasteiger partial charge in [0.1, 0.15) is 5.82 Å². The van der Waals surface area contributed by atoms with Gasteiger partial charge < -0.3 is 10.1 Å². The molecule has 1 unspecified atom stereocenters. The highest BCUT2D eigenvalue weighted by Gasteiger charge is 2.17. The van der Waals surface area contributed by atoms with Gasteiger partial charge in [0.05, 0.1) is 17.4 Å². The number of thioether (sulfide) groups is 1. The molecule has 0 saturated heterocycles. The zero-order chi connectivity index (χ0) is 16.8. The quantitative estimate of drug-likeness (QED) is 0.622. The summed E-state index contributed by atoms with van der Waals surface area (Å²) < 4.78 is 4.91. The summed E-state index contributed by atoms with van der Waals surface area (Å²) in [6.07, 6.45) is 0. The molecular formula is C15H18N4O3S. The Kier molecular flexibility index (Phi) is 5.75. The van der Waals surface area contributed by atoms with Crippen LogP contribution in [0.25, 0.3) is 0 Å². The maximum atomic E-state index is 12.2. The van der Waals surface area contributed by atoms with E-state index in [2.05, 4.69) is 20.5 Å². The van der Waals surface area contributed by atoms with Crippen molar-refractivity contribution >= 4 is 29.3 Å². The number of aryl methyl sites for hydroxylation is 1. The van der Waals surface area contributed by atoms with E-state index < -0.39 is 0 Å². The van der Waals surface area contributed by atoms with Crippen molar-refractivity contribution < 1.29 is 14.3 Å². The second-order valence-electron chi connectivity index (χ2n) is 4.75. The topological polar surface area (TPSA) is 97.0 Å². The third-order valence-corrected chi connectivity index (χ3v) is 3.85. The summed E-state index contributed by atoms with van der Waals surface area (Å²) in [4.78, 5) is 27.9. The van der Waals surface area contributed by atoms with Crippen LogP contribution in [-0.4, -0.2) is 38.9 Å². The van der Waals surface area contributed by atoms with Crippen molar-refractivity contribution in [2.45, 2.75) is 31.2 Å². The molecule has 8 heteroatoms. The Morgan fingerprint density at radius 2 is 2.04 bits per heavy atom. The van der Waals surface area contributed by atoms with Crippen molar-refractivity contribution in [1.82, 2.24) is 15.2 Å². The number of carbonyl (C=O) groups is 2. The zero-order valence-electron chi connectivity index (χ0n) is 13.1. The molecule has 1 aromatic heterocycles. The van der Waals surface area contributed by atoms with Crippen LogP contribution in [0, 0.1) is 6.92 Å². The van der Waals surface area contributed by atoms with Gasteiger partial charge in [-0.3, -0.25) is 9.89 Å². The number of aromatic amines is 1. The van der Waals surface area contributed by atoms with E-state index in [-0.39, 0.29) is 17.1 Å². The number of rotatable bonds is 6.